The molecule has 0 bridgehead atoms. The summed E-state index contributed by atoms with van der Waals surface area (Å²) in [5, 5.41) is 0. The molecule has 177 valence electrons. The summed E-state index contributed by atoms with van der Waals surface area (Å²) in [6, 6.07) is 0. The Labute approximate surface area is 215 Å². The number of rotatable bonds is 16. The minimum absolute atomic E-state index is 0. The minimum Gasteiger partial charge on any atom is -0.411 e. The van der Waals surface area contributed by atoms with Crippen molar-refractivity contribution in [2.75, 3.05) is 26.2 Å². The van der Waals surface area contributed by atoms with Gasteiger partial charge in [-0.3, -0.25) is 0 Å². The van der Waals surface area contributed by atoms with E-state index in [0.717, 1.165) is 26.2 Å². The predicted octanol–water partition coefficient (Wildman–Crippen LogP) is 7.00. The van der Waals surface area contributed by atoms with Crippen LogP contribution in [0.2, 0.25) is 0 Å². The van der Waals surface area contributed by atoms with Crippen molar-refractivity contribution < 1.29 is 17.1 Å². The van der Waals surface area contributed by atoms with Crippen molar-refractivity contribution in [2.24, 2.45) is 0 Å². The first kappa shape index (κ1) is 34.4. The van der Waals surface area contributed by atoms with Gasteiger partial charge in [-0.25, -0.2) is 0 Å². The van der Waals surface area contributed by atoms with Crippen molar-refractivity contribution in [3.05, 3.63) is 0 Å². The fraction of sp³-hybridized carbons (Fsp3) is 0.909. The summed E-state index contributed by atoms with van der Waals surface area (Å²) in [7, 11) is 0. The van der Waals surface area contributed by atoms with Crippen LogP contribution in [0.5, 0.6) is 0 Å². The van der Waals surface area contributed by atoms with Crippen LogP contribution in [-0.2, 0) is 42.3 Å². The van der Waals surface area contributed by atoms with Crippen LogP contribution in [0.25, 0.3) is 0 Å². The quantitative estimate of drug-likeness (QED) is 0.0915. The molecule has 1 radical (unpaired) electrons. The smallest absolute Gasteiger partial charge is 0.411 e. The van der Waals surface area contributed by atoms with Crippen LogP contribution >= 0.6 is 24.4 Å². The Bertz CT molecular complexity index is 317. The summed E-state index contributed by atoms with van der Waals surface area (Å²) < 4.78 is 1.30. The number of hydrogen-bond acceptors (Lipinski definition) is 4. The summed E-state index contributed by atoms with van der Waals surface area (Å²) in [5.41, 5.74) is 0. The molecule has 0 amide bonds. The zero-order valence-corrected chi connectivity index (χ0v) is 23.4. The Morgan fingerprint density at radius 2 is 0.724 bits per heavy atom. The molecule has 0 aliphatic heterocycles. The zero-order valence-electron chi connectivity index (χ0n) is 19.1. The molecule has 0 aliphatic carbocycles. The minimum atomic E-state index is 0. The van der Waals surface area contributed by atoms with Gasteiger partial charge in [-0.2, -0.15) is 0 Å². The molecule has 0 spiro atoms. The summed E-state index contributed by atoms with van der Waals surface area (Å²) in [6.45, 7) is 13.1. The molecule has 0 aromatic carbocycles. The van der Waals surface area contributed by atoms with Crippen LogP contribution in [0.3, 0.4) is 0 Å². The Kier molecular flexibility index (Phi) is 31.7. The van der Waals surface area contributed by atoms with Crippen molar-refractivity contribution in [1.29, 1.82) is 0 Å². The average molecular weight is 528 g/mol. The van der Waals surface area contributed by atoms with Crippen LogP contribution in [0, 0.1) is 0 Å². The SMILES string of the molecule is CCCCCN(CCCCC)C(=S)[S-].CCCCCN(CCCCC)C(=S)[S-].[Cu+2]. The number of thiocarbonyl (C=S) groups is 2. The molecule has 7 heteroatoms. The Hall–Kier alpha value is 0.739. The molecule has 0 N–H and O–H groups in total. The first-order valence-corrected chi connectivity index (χ1v) is 13.0. The fourth-order valence-electron chi connectivity index (χ4n) is 2.80. The van der Waals surface area contributed by atoms with E-state index < -0.39 is 0 Å². The Morgan fingerprint density at radius 1 is 0.517 bits per heavy atom. The molecular formula is C22H44CuN2S4. The zero-order chi connectivity index (χ0) is 21.6. The van der Waals surface area contributed by atoms with E-state index in [1.54, 1.807) is 0 Å². The monoisotopic (exact) mass is 527 g/mol. The van der Waals surface area contributed by atoms with E-state index in [0.29, 0.717) is 8.64 Å². The molecule has 0 aliphatic rings. The normalized spacial score (nSPS) is 9.79. The number of hydrogen-bond donors (Lipinski definition) is 0. The second-order valence-electron chi connectivity index (χ2n) is 7.33. The molecule has 29 heavy (non-hydrogen) atoms. The van der Waals surface area contributed by atoms with Crippen molar-refractivity contribution >= 4 is 58.3 Å². The van der Waals surface area contributed by atoms with Gasteiger partial charge in [-0.1, -0.05) is 87.7 Å². The largest absolute Gasteiger partial charge is 2.00 e. The maximum Gasteiger partial charge on any atom is 2.00 e. The van der Waals surface area contributed by atoms with Gasteiger partial charge in [0.25, 0.3) is 0 Å². The molecule has 0 atom stereocenters. The van der Waals surface area contributed by atoms with Gasteiger partial charge >= 0.3 is 17.1 Å². The van der Waals surface area contributed by atoms with Gasteiger partial charge in [0, 0.05) is 26.2 Å². The van der Waals surface area contributed by atoms with E-state index in [2.05, 4.69) is 37.5 Å². The van der Waals surface area contributed by atoms with Crippen LogP contribution in [0.1, 0.15) is 105 Å². The number of unbranched alkanes of at least 4 members (excludes halogenated alkanes) is 8. The molecule has 0 aromatic heterocycles. The third-order valence-electron chi connectivity index (χ3n) is 4.64. The predicted molar refractivity (Wildman–Crippen MR) is 141 cm³/mol. The second kappa shape index (κ2) is 26.8. The van der Waals surface area contributed by atoms with E-state index >= 15 is 0 Å². The summed E-state index contributed by atoms with van der Waals surface area (Å²) in [5.74, 6) is 0. The summed E-state index contributed by atoms with van der Waals surface area (Å²) in [4.78, 5) is 4.35. The molecule has 0 saturated carbocycles. The summed E-state index contributed by atoms with van der Waals surface area (Å²) in [6.07, 6.45) is 15.0. The van der Waals surface area contributed by atoms with E-state index in [9.17, 15) is 0 Å². The van der Waals surface area contributed by atoms with Crippen molar-refractivity contribution in [3.8, 4) is 0 Å². The molecule has 0 aromatic rings. The fourth-order valence-corrected chi connectivity index (χ4v) is 3.53. The van der Waals surface area contributed by atoms with Gasteiger partial charge in [-0.05, 0) is 25.7 Å². The van der Waals surface area contributed by atoms with Gasteiger partial charge in [-0.15, -0.1) is 0 Å². The standard InChI is InChI=1S/2C11H23NS2.Cu/c2*1-3-5-7-9-12(11(13)14)10-8-6-4-2;/h2*3-10H2,1-2H3,(H,13,14);/q;;+2/p-2. The Balaban J connectivity index is -0.000000451. The van der Waals surface area contributed by atoms with Crippen molar-refractivity contribution in [1.82, 2.24) is 9.80 Å². The molecule has 0 saturated heterocycles. The maximum atomic E-state index is 5.06. The first-order chi connectivity index (χ1) is 13.4. The third-order valence-corrected chi connectivity index (χ3v) is 5.68. The maximum absolute atomic E-state index is 5.06. The second-order valence-corrected chi connectivity index (χ2v) is 9.40. The van der Waals surface area contributed by atoms with E-state index in [4.69, 9.17) is 49.7 Å². The van der Waals surface area contributed by atoms with Gasteiger partial charge in [0.1, 0.15) is 0 Å². The third kappa shape index (κ3) is 24.9. The molecule has 0 rings (SSSR count). The van der Waals surface area contributed by atoms with E-state index in [-0.39, 0.29) is 17.1 Å². The van der Waals surface area contributed by atoms with Gasteiger partial charge < -0.3 is 59.5 Å². The molecular weight excluding hydrogens is 484 g/mol. The Morgan fingerprint density at radius 3 is 0.862 bits per heavy atom. The van der Waals surface area contributed by atoms with Crippen molar-refractivity contribution in [2.45, 2.75) is 105 Å². The number of nitrogens with zero attached hydrogens (tertiary/aromatic N) is 2. The molecule has 0 heterocycles. The average Bonchev–Trinajstić information content (AvgIpc) is 2.66. The van der Waals surface area contributed by atoms with Gasteiger partial charge in [0.05, 0.1) is 0 Å². The van der Waals surface area contributed by atoms with Crippen LogP contribution < -0.4 is 0 Å². The summed E-state index contributed by atoms with van der Waals surface area (Å²) >= 11 is 20.2. The van der Waals surface area contributed by atoms with Crippen LogP contribution in [0.15, 0.2) is 0 Å². The molecule has 2 nitrogen and oxygen atoms in total. The van der Waals surface area contributed by atoms with E-state index in [1.165, 1.54) is 77.0 Å². The van der Waals surface area contributed by atoms with Crippen LogP contribution in [-0.4, -0.2) is 44.6 Å². The van der Waals surface area contributed by atoms with Crippen molar-refractivity contribution in [3.63, 3.8) is 0 Å². The van der Waals surface area contributed by atoms with E-state index in [1.807, 2.05) is 0 Å². The topological polar surface area (TPSA) is 6.48 Å². The van der Waals surface area contributed by atoms with Crippen LogP contribution in [0.4, 0.5) is 0 Å². The first-order valence-electron chi connectivity index (χ1n) is 11.4. The van der Waals surface area contributed by atoms with Gasteiger partial charge in [0.15, 0.2) is 0 Å². The molecule has 0 fully saturated rings. The molecule has 0 unspecified atom stereocenters. The van der Waals surface area contributed by atoms with Gasteiger partial charge in [0.2, 0.25) is 0 Å².